The molecule has 0 aromatic carbocycles. The molecular formula is C13H20FN3OS. The number of nitrogens with zero attached hydrogens (tertiary/aromatic N) is 2. The number of nitrogens with one attached hydrogen (secondary N) is 1. The van der Waals surface area contributed by atoms with Gasteiger partial charge in [-0.1, -0.05) is 6.92 Å². The van der Waals surface area contributed by atoms with Crippen molar-refractivity contribution < 1.29 is 8.60 Å². The Morgan fingerprint density at radius 1 is 1.47 bits per heavy atom. The summed E-state index contributed by atoms with van der Waals surface area (Å²) in [6, 6.07) is 1.71. The highest BCUT2D eigenvalue weighted by molar-refractivity contribution is 7.85. The van der Waals surface area contributed by atoms with Crippen molar-refractivity contribution in [2.24, 2.45) is 0 Å². The van der Waals surface area contributed by atoms with E-state index < -0.39 is 10.8 Å². The summed E-state index contributed by atoms with van der Waals surface area (Å²) in [5, 5.41) is 3.19. The van der Waals surface area contributed by atoms with Crippen LogP contribution in [0, 0.1) is 5.82 Å². The second-order valence-electron chi connectivity index (χ2n) is 4.62. The highest BCUT2D eigenvalue weighted by Gasteiger charge is 2.20. The summed E-state index contributed by atoms with van der Waals surface area (Å²) in [6.45, 7) is 4.70. The van der Waals surface area contributed by atoms with Crippen molar-refractivity contribution in [2.75, 3.05) is 36.0 Å². The molecule has 106 valence electrons. The third kappa shape index (κ3) is 3.73. The standard InChI is InChI=1S/C13H20FN3OS/c1-2-4-15-10-11-3-5-16-13(12(11)14)17-6-8-19(18)9-7-17/h3,5,15H,2,4,6-10H2,1H3. The molecule has 0 unspecified atom stereocenters. The number of anilines is 1. The number of pyridine rings is 1. The van der Waals surface area contributed by atoms with Crippen molar-refractivity contribution in [3.05, 3.63) is 23.6 Å². The van der Waals surface area contributed by atoms with Gasteiger partial charge in [-0.25, -0.2) is 9.37 Å². The molecule has 1 aliphatic rings. The van der Waals surface area contributed by atoms with Crippen molar-refractivity contribution in [3.63, 3.8) is 0 Å². The molecule has 0 saturated carbocycles. The monoisotopic (exact) mass is 285 g/mol. The molecule has 6 heteroatoms. The smallest absolute Gasteiger partial charge is 0.170 e. The molecule has 1 aromatic rings. The van der Waals surface area contributed by atoms with Crippen molar-refractivity contribution in [1.29, 1.82) is 0 Å². The van der Waals surface area contributed by atoms with Crippen LogP contribution >= 0.6 is 0 Å². The van der Waals surface area contributed by atoms with Crippen LogP contribution in [0.4, 0.5) is 10.2 Å². The zero-order chi connectivity index (χ0) is 13.7. The zero-order valence-corrected chi connectivity index (χ0v) is 12.0. The Labute approximate surface area is 115 Å². The quantitative estimate of drug-likeness (QED) is 0.828. The third-order valence-corrected chi connectivity index (χ3v) is 4.45. The van der Waals surface area contributed by atoms with Crippen LogP contribution in [0.25, 0.3) is 0 Å². The molecule has 1 aliphatic heterocycles. The van der Waals surface area contributed by atoms with Gasteiger partial charge in [0.05, 0.1) is 0 Å². The fraction of sp³-hybridized carbons (Fsp3) is 0.615. The summed E-state index contributed by atoms with van der Waals surface area (Å²) in [6.07, 6.45) is 2.67. The molecule has 0 atom stereocenters. The third-order valence-electron chi connectivity index (χ3n) is 3.17. The maximum absolute atomic E-state index is 14.4. The minimum absolute atomic E-state index is 0.251. The summed E-state index contributed by atoms with van der Waals surface area (Å²) >= 11 is 0. The van der Waals surface area contributed by atoms with Gasteiger partial charge in [0.15, 0.2) is 11.6 Å². The van der Waals surface area contributed by atoms with E-state index in [2.05, 4.69) is 17.2 Å². The fourth-order valence-electron chi connectivity index (χ4n) is 2.08. The van der Waals surface area contributed by atoms with E-state index in [0.29, 0.717) is 42.5 Å². The Morgan fingerprint density at radius 3 is 2.89 bits per heavy atom. The largest absolute Gasteiger partial charge is 0.352 e. The maximum Gasteiger partial charge on any atom is 0.170 e. The van der Waals surface area contributed by atoms with Crippen LogP contribution < -0.4 is 10.2 Å². The van der Waals surface area contributed by atoms with E-state index >= 15 is 0 Å². The highest BCUT2D eigenvalue weighted by atomic mass is 32.2. The molecule has 0 radical (unpaired) electrons. The maximum atomic E-state index is 14.4. The summed E-state index contributed by atoms with van der Waals surface area (Å²) in [5.74, 6) is 1.34. The SMILES string of the molecule is CCCNCc1ccnc(N2CCS(=O)CC2)c1F. The van der Waals surface area contributed by atoms with Crippen molar-refractivity contribution in [3.8, 4) is 0 Å². The summed E-state index contributed by atoms with van der Waals surface area (Å²) in [5.41, 5.74) is 0.644. The molecule has 0 amide bonds. The van der Waals surface area contributed by atoms with Crippen LogP contribution in [0.15, 0.2) is 12.3 Å². The van der Waals surface area contributed by atoms with Crippen LogP contribution in [0.2, 0.25) is 0 Å². The molecule has 2 heterocycles. The molecule has 1 aromatic heterocycles. The summed E-state index contributed by atoms with van der Waals surface area (Å²) in [7, 11) is -0.757. The Balaban J connectivity index is 2.08. The molecule has 2 rings (SSSR count). The Hall–Kier alpha value is -1.01. The van der Waals surface area contributed by atoms with Crippen LogP contribution in [0.5, 0.6) is 0 Å². The Morgan fingerprint density at radius 2 is 2.21 bits per heavy atom. The first-order valence-electron chi connectivity index (χ1n) is 6.66. The average Bonchev–Trinajstić information content (AvgIpc) is 2.42. The van der Waals surface area contributed by atoms with E-state index in [1.807, 2.05) is 4.90 Å². The van der Waals surface area contributed by atoms with Gasteiger partial charge in [-0.2, -0.15) is 0 Å². The van der Waals surface area contributed by atoms with Crippen LogP contribution in [0.3, 0.4) is 0 Å². The van der Waals surface area contributed by atoms with E-state index in [-0.39, 0.29) is 5.82 Å². The number of halogens is 1. The minimum atomic E-state index is -0.757. The van der Waals surface area contributed by atoms with Crippen molar-refractivity contribution >= 4 is 16.6 Å². The molecule has 0 bridgehead atoms. The molecule has 4 nitrogen and oxygen atoms in total. The van der Waals surface area contributed by atoms with E-state index in [0.717, 1.165) is 13.0 Å². The molecule has 1 fully saturated rings. The molecular weight excluding hydrogens is 265 g/mol. The normalized spacial score (nSPS) is 16.8. The van der Waals surface area contributed by atoms with E-state index in [1.165, 1.54) is 0 Å². The molecule has 19 heavy (non-hydrogen) atoms. The molecule has 0 spiro atoms. The first-order valence-corrected chi connectivity index (χ1v) is 8.15. The average molecular weight is 285 g/mol. The van der Waals surface area contributed by atoms with Crippen molar-refractivity contribution in [2.45, 2.75) is 19.9 Å². The van der Waals surface area contributed by atoms with Gasteiger partial charge in [-0.05, 0) is 19.0 Å². The molecule has 1 saturated heterocycles. The van der Waals surface area contributed by atoms with Gasteiger partial charge in [0, 0.05) is 53.7 Å². The number of hydrogen-bond donors (Lipinski definition) is 1. The lowest BCUT2D eigenvalue weighted by Gasteiger charge is -2.28. The fourth-order valence-corrected chi connectivity index (χ4v) is 3.13. The number of rotatable bonds is 5. The van der Waals surface area contributed by atoms with Gasteiger partial charge in [0.25, 0.3) is 0 Å². The second kappa shape index (κ2) is 6.96. The summed E-state index contributed by atoms with van der Waals surface area (Å²) < 4.78 is 25.7. The second-order valence-corrected chi connectivity index (χ2v) is 6.32. The van der Waals surface area contributed by atoms with Gasteiger partial charge in [-0.15, -0.1) is 0 Å². The zero-order valence-electron chi connectivity index (χ0n) is 11.2. The van der Waals surface area contributed by atoms with Gasteiger partial charge in [-0.3, -0.25) is 4.21 Å². The molecule has 0 aliphatic carbocycles. The van der Waals surface area contributed by atoms with Gasteiger partial charge in [0.2, 0.25) is 0 Å². The Bertz CT molecular complexity index is 446. The summed E-state index contributed by atoms with van der Waals surface area (Å²) in [4.78, 5) is 6.03. The highest BCUT2D eigenvalue weighted by Crippen LogP contribution is 2.20. The first kappa shape index (κ1) is 14.4. The lowest BCUT2D eigenvalue weighted by molar-refractivity contribution is 0.574. The predicted molar refractivity (Wildman–Crippen MR) is 76.3 cm³/mol. The predicted octanol–water partition coefficient (Wildman–Crippen LogP) is 1.29. The van der Waals surface area contributed by atoms with Crippen LogP contribution in [-0.4, -0.2) is 40.3 Å². The van der Waals surface area contributed by atoms with E-state index in [1.54, 1.807) is 12.3 Å². The van der Waals surface area contributed by atoms with Crippen LogP contribution in [-0.2, 0) is 17.3 Å². The van der Waals surface area contributed by atoms with Crippen molar-refractivity contribution in [1.82, 2.24) is 10.3 Å². The van der Waals surface area contributed by atoms with Gasteiger partial charge in [0.1, 0.15) is 0 Å². The van der Waals surface area contributed by atoms with E-state index in [9.17, 15) is 8.60 Å². The van der Waals surface area contributed by atoms with E-state index in [4.69, 9.17) is 0 Å². The lowest BCUT2D eigenvalue weighted by Crippen LogP contribution is -2.39. The van der Waals surface area contributed by atoms with Gasteiger partial charge >= 0.3 is 0 Å². The molecule has 1 N–H and O–H groups in total. The lowest BCUT2D eigenvalue weighted by atomic mass is 10.2. The topological polar surface area (TPSA) is 45.2 Å². The first-order chi connectivity index (χ1) is 9.22. The van der Waals surface area contributed by atoms with Gasteiger partial charge < -0.3 is 10.2 Å². The number of aromatic nitrogens is 1. The number of hydrogen-bond acceptors (Lipinski definition) is 4. The Kier molecular flexibility index (Phi) is 5.27. The minimum Gasteiger partial charge on any atom is -0.352 e. The van der Waals surface area contributed by atoms with Crippen LogP contribution in [0.1, 0.15) is 18.9 Å².